The smallest absolute Gasteiger partial charge is 0.225 e. The summed E-state index contributed by atoms with van der Waals surface area (Å²) in [5.41, 5.74) is 1.13. The summed E-state index contributed by atoms with van der Waals surface area (Å²) in [6.07, 6.45) is 0. The van der Waals surface area contributed by atoms with Crippen LogP contribution in [-0.2, 0) is 0 Å². The minimum atomic E-state index is 0.0853. The molecule has 0 N–H and O–H groups in total. The SMILES string of the molecule is CC(C)c1nnc(Cl)n1C(C)c1ccc(Cl)cc1. The maximum Gasteiger partial charge on any atom is 0.225 e. The maximum absolute atomic E-state index is 6.13. The molecule has 0 spiro atoms. The fourth-order valence-corrected chi connectivity index (χ4v) is 2.32. The molecule has 1 aromatic heterocycles. The number of hydrogen-bond donors (Lipinski definition) is 0. The Kier molecular flexibility index (Phi) is 3.93. The van der Waals surface area contributed by atoms with E-state index in [1.165, 1.54) is 0 Å². The number of halogens is 2. The second kappa shape index (κ2) is 5.29. The summed E-state index contributed by atoms with van der Waals surface area (Å²) in [6, 6.07) is 7.82. The minimum absolute atomic E-state index is 0.0853. The van der Waals surface area contributed by atoms with Crippen molar-refractivity contribution in [1.29, 1.82) is 0 Å². The first-order valence-electron chi connectivity index (χ1n) is 5.86. The van der Waals surface area contributed by atoms with Crippen LogP contribution in [-0.4, -0.2) is 14.8 Å². The first-order chi connectivity index (χ1) is 8.50. The van der Waals surface area contributed by atoms with Crippen LogP contribution in [0.1, 0.15) is 44.1 Å². The van der Waals surface area contributed by atoms with Crippen LogP contribution in [0.15, 0.2) is 24.3 Å². The van der Waals surface area contributed by atoms with Crippen LogP contribution in [0.5, 0.6) is 0 Å². The molecule has 0 aliphatic carbocycles. The molecule has 0 radical (unpaired) electrons. The van der Waals surface area contributed by atoms with Gasteiger partial charge in [-0.25, -0.2) is 0 Å². The third kappa shape index (κ3) is 2.52. The molecule has 0 saturated carbocycles. The molecule has 5 heteroatoms. The van der Waals surface area contributed by atoms with Gasteiger partial charge in [-0.1, -0.05) is 37.6 Å². The average Bonchev–Trinajstić information content (AvgIpc) is 2.71. The van der Waals surface area contributed by atoms with Crippen molar-refractivity contribution >= 4 is 23.2 Å². The van der Waals surface area contributed by atoms with Crippen molar-refractivity contribution in [2.24, 2.45) is 0 Å². The van der Waals surface area contributed by atoms with Gasteiger partial charge in [0.2, 0.25) is 5.28 Å². The molecule has 3 nitrogen and oxygen atoms in total. The van der Waals surface area contributed by atoms with E-state index in [0.29, 0.717) is 5.28 Å². The zero-order chi connectivity index (χ0) is 13.3. The first-order valence-corrected chi connectivity index (χ1v) is 6.62. The molecule has 2 aromatic rings. The van der Waals surface area contributed by atoms with E-state index in [2.05, 4.69) is 31.0 Å². The molecule has 0 bridgehead atoms. The second-order valence-electron chi connectivity index (χ2n) is 4.58. The zero-order valence-electron chi connectivity index (χ0n) is 10.6. The largest absolute Gasteiger partial charge is 0.294 e. The Hall–Kier alpha value is -1.06. The minimum Gasteiger partial charge on any atom is -0.294 e. The van der Waals surface area contributed by atoms with Crippen molar-refractivity contribution in [1.82, 2.24) is 14.8 Å². The summed E-state index contributed by atoms with van der Waals surface area (Å²) >= 11 is 12.0. The molecule has 1 heterocycles. The van der Waals surface area contributed by atoms with Crippen molar-refractivity contribution in [3.63, 3.8) is 0 Å². The third-order valence-corrected chi connectivity index (χ3v) is 3.45. The predicted octanol–water partition coefficient (Wildman–Crippen LogP) is 4.32. The number of nitrogens with zero attached hydrogens (tertiary/aromatic N) is 3. The maximum atomic E-state index is 6.13. The number of rotatable bonds is 3. The van der Waals surface area contributed by atoms with E-state index in [1.54, 1.807) is 0 Å². The standard InChI is InChI=1S/C13H15Cl2N3/c1-8(2)12-16-17-13(15)18(12)9(3)10-4-6-11(14)7-5-10/h4-9H,1-3H3. The van der Waals surface area contributed by atoms with Gasteiger partial charge in [0, 0.05) is 10.9 Å². The Balaban J connectivity index is 2.42. The van der Waals surface area contributed by atoms with E-state index in [-0.39, 0.29) is 12.0 Å². The predicted molar refractivity (Wildman–Crippen MR) is 74.4 cm³/mol. The second-order valence-corrected chi connectivity index (χ2v) is 5.35. The molecule has 96 valence electrons. The summed E-state index contributed by atoms with van der Waals surface area (Å²) < 4.78 is 1.95. The Morgan fingerprint density at radius 1 is 1.00 bits per heavy atom. The van der Waals surface area contributed by atoms with Crippen molar-refractivity contribution in [3.8, 4) is 0 Å². The summed E-state index contributed by atoms with van der Waals surface area (Å²) in [4.78, 5) is 0. The zero-order valence-corrected chi connectivity index (χ0v) is 12.1. The summed E-state index contributed by atoms with van der Waals surface area (Å²) in [6.45, 7) is 6.22. The number of hydrogen-bond acceptors (Lipinski definition) is 2. The lowest BCUT2D eigenvalue weighted by Gasteiger charge is -2.18. The van der Waals surface area contributed by atoms with E-state index < -0.39 is 0 Å². The van der Waals surface area contributed by atoms with Gasteiger partial charge >= 0.3 is 0 Å². The lowest BCUT2D eigenvalue weighted by atomic mass is 10.1. The molecule has 0 saturated heterocycles. The molecule has 0 aliphatic rings. The lowest BCUT2D eigenvalue weighted by Crippen LogP contribution is -2.12. The van der Waals surface area contributed by atoms with Crippen LogP contribution in [0, 0.1) is 0 Å². The van der Waals surface area contributed by atoms with Crippen molar-refractivity contribution in [3.05, 3.63) is 46.0 Å². The van der Waals surface area contributed by atoms with Crippen molar-refractivity contribution in [2.75, 3.05) is 0 Å². The van der Waals surface area contributed by atoms with Crippen molar-refractivity contribution in [2.45, 2.75) is 32.7 Å². The highest BCUT2D eigenvalue weighted by atomic mass is 35.5. The van der Waals surface area contributed by atoms with Gasteiger partial charge in [0.25, 0.3) is 0 Å². The van der Waals surface area contributed by atoms with Gasteiger partial charge in [0.05, 0.1) is 6.04 Å². The van der Waals surface area contributed by atoms with Gasteiger partial charge in [-0.15, -0.1) is 10.2 Å². The fraction of sp³-hybridized carbons (Fsp3) is 0.385. The number of aromatic nitrogens is 3. The molecule has 1 atom stereocenters. The summed E-state index contributed by atoms with van der Waals surface area (Å²) in [7, 11) is 0. The highest BCUT2D eigenvalue weighted by Crippen LogP contribution is 2.27. The normalized spacial score (nSPS) is 13.0. The van der Waals surface area contributed by atoms with Gasteiger partial charge in [0.1, 0.15) is 5.82 Å². The topological polar surface area (TPSA) is 30.7 Å². The number of benzene rings is 1. The van der Waals surface area contributed by atoms with E-state index in [4.69, 9.17) is 23.2 Å². The Bertz CT molecular complexity index is 532. The van der Waals surface area contributed by atoms with E-state index in [0.717, 1.165) is 16.4 Å². The third-order valence-electron chi connectivity index (χ3n) is 2.94. The first kappa shape index (κ1) is 13.4. The van der Waals surface area contributed by atoms with Crippen molar-refractivity contribution < 1.29 is 0 Å². The van der Waals surface area contributed by atoms with E-state index >= 15 is 0 Å². The summed E-state index contributed by atoms with van der Waals surface area (Å²) in [5.74, 6) is 1.17. The Morgan fingerprint density at radius 2 is 1.61 bits per heavy atom. The van der Waals surface area contributed by atoms with Gasteiger partial charge in [0.15, 0.2) is 0 Å². The highest BCUT2D eigenvalue weighted by molar-refractivity contribution is 6.30. The van der Waals surface area contributed by atoms with Gasteiger partial charge in [-0.3, -0.25) is 4.57 Å². The van der Waals surface area contributed by atoms with Crippen LogP contribution < -0.4 is 0 Å². The van der Waals surface area contributed by atoms with Gasteiger partial charge < -0.3 is 0 Å². The Labute approximate surface area is 117 Å². The van der Waals surface area contributed by atoms with Gasteiger partial charge in [-0.2, -0.15) is 0 Å². The highest BCUT2D eigenvalue weighted by Gasteiger charge is 2.19. The van der Waals surface area contributed by atoms with E-state index in [9.17, 15) is 0 Å². The molecule has 0 amide bonds. The van der Waals surface area contributed by atoms with Crippen LogP contribution in [0.25, 0.3) is 0 Å². The molecule has 18 heavy (non-hydrogen) atoms. The molecular weight excluding hydrogens is 269 g/mol. The van der Waals surface area contributed by atoms with E-state index in [1.807, 2.05) is 28.8 Å². The summed E-state index contributed by atoms with van der Waals surface area (Å²) in [5, 5.41) is 9.23. The fourth-order valence-electron chi connectivity index (χ4n) is 1.93. The molecule has 0 aliphatic heterocycles. The molecule has 1 aromatic carbocycles. The van der Waals surface area contributed by atoms with Crippen LogP contribution in [0.4, 0.5) is 0 Å². The lowest BCUT2D eigenvalue weighted by molar-refractivity contribution is 0.579. The van der Waals surface area contributed by atoms with Crippen LogP contribution in [0.3, 0.4) is 0 Å². The molecule has 1 unspecified atom stereocenters. The molecule has 2 rings (SSSR count). The average molecular weight is 284 g/mol. The molecular formula is C13H15Cl2N3. The monoisotopic (exact) mass is 283 g/mol. The van der Waals surface area contributed by atoms with Gasteiger partial charge in [-0.05, 0) is 36.2 Å². The van der Waals surface area contributed by atoms with Crippen LogP contribution in [0.2, 0.25) is 10.3 Å². The molecule has 0 fully saturated rings. The quantitative estimate of drug-likeness (QED) is 0.840. The van der Waals surface area contributed by atoms with Crippen LogP contribution >= 0.6 is 23.2 Å². The Morgan fingerprint density at radius 3 is 2.17 bits per heavy atom.